The van der Waals surface area contributed by atoms with Crippen LogP contribution in [0.4, 0.5) is 0 Å². The topological polar surface area (TPSA) is 44.5 Å². The number of hydrogen-bond acceptors (Lipinski definition) is 3. The first kappa shape index (κ1) is 9.96. The van der Waals surface area contributed by atoms with Crippen LogP contribution in [0.3, 0.4) is 0 Å². The molecule has 1 rings (SSSR count). The Bertz CT molecular complexity index is 113. The van der Waals surface area contributed by atoms with Crippen molar-refractivity contribution in [2.45, 2.75) is 25.8 Å². The summed E-state index contributed by atoms with van der Waals surface area (Å²) in [5.41, 5.74) is 5.86. The molecule has 1 aliphatic heterocycles. The van der Waals surface area contributed by atoms with E-state index in [2.05, 4.69) is 0 Å². The van der Waals surface area contributed by atoms with Crippen molar-refractivity contribution in [3.63, 3.8) is 0 Å². The van der Waals surface area contributed by atoms with E-state index in [-0.39, 0.29) is 6.04 Å². The molecule has 2 N–H and O–H groups in total. The molecule has 0 spiro atoms. The standard InChI is InChI=1S/C9H19NO2/c1-2-11-7-9(10)5-8-3-4-12-6-8/h8-9H,2-7,10H2,1H3. The van der Waals surface area contributed by atoms with Gasteiger partial charge in [0.05, 0.1) is 6.61 Å². The first-order valence-corrected chi connectivity index (χ1v) is 4.74. The van der Waals surface area contributed by atoms with Crippen LogP contribution in [0.1, 0.15) is 19.8 Å². The molecule has 2 unspecified atom stereocenters. The van der Waals surface area contributed by atoms with Crippen molar-refractivity contribution in [2.24, 2.45) is 11.7 Å². The molecule has 12 heavy (non-hydrogen) atoms. The van der Waals surface area contributed by atoms with Crippen molar-refractivity contribution in [2.75, 3.05) is 26.4 Å². The second kappa shape index (κ2) is 5.51. The number of nitrogens with two attached hydrogens (primary N) is 1. The van der Waals surface area contributed by atoms with Crippen LogP contribution in [0.15, 0.2) is 0 Å². The smallest absolute Gasteiger partial charge is 0.0617 e. The zero-order valence-electron chi connectivity index (χ0n) is 7.79. The molecule has 1 saturated heterocycles. The molecule has 3 heteroatoms. The lowest BCUT2D eigenvalue weighted by atomic mass is 10.0. The molecular formula is C9H19NO2. The molecule has 0 aliphatic carbocycles. The normalized spacial score (nSPS) is 26.0. The fraction of sp³-hybridized carbons (Fsp3) is 1.00. The van der Waals surface area contributed by atoms with E-state index in [9.17, 15) is 0 Å². The Morgan fingerprint density at radius 1 is 1.67 bits per heavy atom. The second-order valence-corrected chi connectivity index (χ2v) is 3.38. The zero-order valence-corrected chi connectivity index (χ0v) is 7.79. The van der Waals surface area contributed by atoms with Crippen LogP contribution in [0.25, 0.3) is 0 Å². The minimum atomic E-state index is 0.191. The maximum absolute atomic E-state index is 5.86. The molecular weight excluding hydrogens is 154 g/mol. The van der Waals surface area contributed by atoms with Gasteiger partial charge in [-0.15, -0.1) is 0 Å². The lowest BCUT2D eigenvalue weighted by Gasteiger charge is -2.14. The van der Waals surface area contributed by atoms with E-state index in [4.69, 9.17) is 15.2 Å². The lowest BCUT2D eigenvalue weighted by Crippen LogP contribution is -2.29. The molecule has 0 radical (unpaired) electrons. The predicted molar refractivity (Wildman–Crippen MR) is 48.0 cm³/mol. The maximum Gasteiger partial charge on any atom is 0.0617 e. The van der Waals surface area contributed by atoms with Gasteiger partial charge in [0.15, 0.2) is 0 Å². The van der Waals surface area contributed by atoms with Crippen LogP contribution in [0.5, 0.6) is 0 Å². The molecule has 1 heterocycles. The van der Waals surface area contributed by atoms with Gasteiger partial charge in [0, 0.05) is 25.9 Å². The van der Waals surface area contributed by atoms with Crippen molar-refractivity contribution < 1.29 is 9.47 Å². The number of rotatable bonds is 5. The summed E-state index contributed by atoms with van der Waals surface area (Å²) in [6.45, 7) is 5.24. The molecule has 1 aliphatic rings. The monoisotopic (exact) mass is 173 g/mol. The molecule has 0 bridgehead atoms. The van der Waals surface area contributed by atoms with Crippen LogP contribution in [0, 0.1) is 5.92 Å². The Balaban J connectivity index is 2.03. The van der Waals surface area contributed by atoms with Crippen molar-refractivity contribution >= 4 is 0 Å². The van der Waals surface area contributed by atoms with Crippen LogP contribution >= 0.6 is 0 Å². The minimum Gasteiger partial charge on any atom is -0.381 e. The highest BCUT2D eigenvalue weighted by molar-refractivity contribution is 4.71. The lowest BCUT2D eigenvalue weighted by molar-refractivity contribution is 0.122. The fourth-order valence-electron chi connectivity index (χ4n) is 1.53. The van der Waals surface area contributed by atoms with Gasteiger partial charge < -0.3 is 15.2 Å². The third-order valence-electron chi connectivity index (χ3n) is 2.20. The summed E-state index contributed by atoms with van der Waals surface area (Å²) >= 11 is 0. The van der Waals surface area contributed by atoms with Gasteiger partial charge in [0.25, 0.3) is 0 Å². The highest BCUT2D eigenvalue weighted by Crippen LogP contribution is 2.17. The highest BCUT2D eigenvalue weighted by Gasteiger charge is 2.18. The van der Waals surface area contributed by atoms with Crippen molar-refractivity contribution in [3.8, 4) is 0 Å². The molecule has 0 aromatic carbocycles. The van der Waals surface area contributed by atoms with E-state index >= 15 is 0 Å². The average Bonchev–Trinajstić information content (AvgIpc) is 2.53. The third kappa shape index (κ3) is 3.52. The number of ether oxygens (including phenoxy) is 2. The fourth-order valence-corrected chi connectivity index (χ4v) is 1.53. The van der Waals surface area contributed by atoms with E-state index in [1.54, 1.807) is 0 Å². The Hall–Kier alpha value is -0.120. The van der Waals surface area contributed by atoms with E-state index < -0.39 is 0 Å². The predicted octanol–water partition coefficient (Wildman–Crippen LogP) is 0.777. The number of hydrogen-bond donors (Lipinski definition) is 1. The molecule has 3 nitrogen and oxygen atoms in total. The van der Waals surface area contributed by atoms with Crippen LogP contribution in [-0.2, 0) is 9.47 Å². The largest absolute Gasteiger partial charge is 0.381 e. The van der Waals surface area contributed by atoms with Gasteiger partial charge in [-0.25, -0.2) is 0 Å². The Kier molecular flexibility index (Phi) is 4.58. The molecule has 2 atom stereocenters. The van der Waals surface area contributed by atoms with Crippen LogP contribution < -0.4 is 5.73 Å². The van der Waals surface area contributed by atoms with Gasteiger partial charge >= 0.3 is 0 Å². The van der Waals surface area contributed by atoms with Gasteiger partial charge in [-0.1, -0.05) is 0 Å². The average molecular weight is 173 g/mol. The van der Waals surface area contributed by atoms with Crippen molar-refractivity contribution in [3.05, 3.63) is 0 Å². The van der Waals surface area contributed by atoms with Crippen LogP contribution in [0.2, 0.25) is 0 Å². The summed E-state index contributed by atoms with van der Waals surface area (Å²) in [5, 5.41) is 0. The third-order valence-corrected chi connectivity index (χ3v) is 2.20. The highest BCUT2D eigenvalue weighted by atomic mass is 16.5. The summed E-state index contributed by atoms with van der Waals surface area (Å²) in [7, 11) is 0. The van der Waals surface area contributed by atoms with E-state index in [0.29, 0.717) is 12.5 Å². The zero-order chi connectivity index (χ0) is 8.81. The van der Waals surface area contributed by atoms with E-state index in [1.807, 2.05) is 6.92 Å². The Morgan fingerprint density at radius 2 is 2.50 bits per heavy atom. The van der Waals surface area contributed by atoms with E-state index in [1.165, 1.54) is 6.42 Å². The Labute approximate surface area is 74.2 Å². The molecule has 1 fully saturated rings. The molecule has 0 aromatic rings. The molecule has 0 saturated carbocycles. The maximum atomic E-state index is 5.86. The van der Waals surface area contributed by atoms with Crippen LogP contribution in [-0.4, -0.2) is 32.5 Å². The van der Waals surface area contributed by atoms with E-state index in [0.717, 1.165) is 26.2 Å². The Morgan fingerprint density at radius 3 is 3.08 bits per heavy atom. The summed E-state index contributed by atoms with van der Waals surface area (Å²) in [5.74, 6) is 0.667. The second-order valence-electron chi connectivity index (χ2n) is 3.38. The summed E-state index contributed by atoms with van der Waals surface area (Å²) in [6, 6.07) is 0.191. The van der Waals surface area contributed by atoms with Gasteiger partial charge in [0.1, 0.15) is 0 Å². The minimum absolute atomic E-state index is 0.191. The first-order chi connectivity index (χ1) is 5.83. The molecule has 0 amide bonds. The summed E-state index contributed by atoms with van der Waals surface area (Å²) in [6.07, 6.45) is 2.21. The van der Waals surface area contributed by atoms with Gasteiger partial charge in [-0.2, -0.15) is 0 Å². The van der Waals surface area contributed by atoms with Crippen molar-refractivity contribution in [1.82, 2.24) is 0 Å². The quantitative estimate of drug-likeness (QED) is 0.668. The summed E-state index contributed by atoms with van der Waals surface area (Å²) < 4.78 is 10.5. The van der Waals surface area contributed by atoms with Gasteiger partial charge in [-0.3, -0.25) is 0 Å². The van der Waals surface area contributed by atoms with Crippen molar-refractivity contribution in [1.29, 1.82) is 0 Å². The van der Waals surface area contributed by atoms with Gasteiger partial charge in [0.2, 0.25) is 0 Å². The van der Waals surface area contributed by atoms with Gasteiger partial charge in [-0.05, 0) is 25.7 Å². The molecule has 0 aromatic heterocycles. The summed E-state index contributed by atoms with van der Waals surface area (Å²) in [4.78, 5) is 0. The SMILES string of the molecule is CCOCC(N)CC1CCOC1. The first-order valence-electron chi connectivity index (χ1n) is 4.74. The molecule has 72 valence electrons.